The topological polar surface area (TPSA) is 96.0 Å². The van der Waals surface area contributed by atoms with Crippen molar-refractivity contribution >= 4 is 62.3 Å². The lowest BCUT2D eigenvalue weighted by Gasteiger charge is -2.33. The van der Waals surface area contributed by atoms with Gasteiger partial charge in [0, 0.05) is 28.7 Å². The van der Waals surface area contributed by atoms with Gasteiger partial charge in [0.05, 0.1) is 24.1 Å². The molecule has 0 bridgehead atoms. The van der Waals surface area contributed by atoms with Crippen molar-refractivity contribution in [3.63, 3.8) is 0 Å². The van der Waals surface area contributed by atoms with E-state index < -0.39 is 28.5 Å². The van der Waals surface area contributed by atoms with Gasteiger partial charge >= 0.3 is 0 Å². The fourth-order valence-electron chi connectivity index (χ4n) is 3.62. The molecule has 1 atom stereocenters. The monoisotopic (exact) mass is 591 g/mol. The molecule has 2 aromatic carbocycles. The van der Waals surface area contributed by atoms with Crippen LogP contribution in [0.15, 0.2) is 36.4 Å². The highest BCUT2D eigenvalue weighted by Gasteiger charge is 2.32. The Kier molecular flexibility index (Phi) is 11.4. The molecular weight excluding hydrogens is 561 g/mol. The second kappa shape index (κ2) is 13.6. The number of amides is 2. The number of benzene rings is 2. The molecule has 0 saturated heterocycles. The molecule has 0 aliphatic heterocycles. The van der Waals surface area contributed by atoms with E-state index >= 15 is 0 Å². The summed E-state index contributed by atoms with van der Waals surface area (Å²) >= 11 is 19.0. The maximum Gasteiger partial charge on any atom is 0.244 e. The summed E-state index contributed by atoms with van der Waals surface area (Å²) < 4.78 is 31.5. The summed E-state index contributed by atoms with van der Waals surface area (Å²) in [7, 11) is -2.48. The van der Waals surface area contributed by atoms with E-state index in [1.165, 1.54) is 30.2 Å². The quantitative estimate of drug-likeness (QED) is 0.374. The van der Waals surface area contributed by atoms with Crippen molar-refractivity contribution < 1.29 is 22.7 Å². The van der Waals surface area contributed by atoms with Gasteiger partial charge in [-0.05, 0) is 42.7 Å². The maximum atomic E-state index is 13.7. The van der Waals surface area contributed by atoms with Gasteiger partial charge in [-0.2, -0.15) is 0 Å². The molecule has 0 unspecified atom stereocenters. The van der Waals surface area contributed by atoms with Crippen LogP contribution in [-0.2, 0) is 26.2 Å². The van der Waals surface area contributed by atoms with E-state index in [2.05, 4.69) is 5.32 Å². The van der Waals surface area contributed by atoms with E-state index in [4.69, 9.17) is 39.5 Å². The Morgan fingerprint density at radius 1 is 1.05 bits per heavy atom. The zero-order valence-electron chi connectivity index (χ0n) is 21.4. The smallest absolute Gasteiger partial charge is 0.244 e. The third-order valence-electron chi connectivity index (χ3n) is 5.56. The highest BCUT2D eigenvalue weighted by Crippen LogP contribution is 2.31. The number of sulfonamides is 1. The van der Waals surface area contributed by atoms with Gasteiger partial charge in [-0.25, -0.2) is 8.42 Å². The molecule has 0 aromatic heterocycles. The van der Waals surface area contributed by atoms with Gasteiger partial charge in [-0.3, -0.25) is 13.9 Å². The number of ether oxygens (including phenoxy) is 1. The number of hydrogen-bond donors (Lipinski definition) is 1. The molecule has 0 heterocycles. The lowest BCUT2D eigenvalue weighted by Crippen LogP contribution is -2.52. The molecule has 8 nitrogen and oxygen atoms in total. The minimum absolute atomic E-state index is 0.0914. The van der Waals surface area contributed by atoms with Gasteiger partial charge in [-0.1, -0.05) is 61.6 Å². The number of nitrogens with one attached hydrogen (secondary N) is 1. The zero-order valence-corrected chi connectivity index (χ0v) is 24.5. The number of halogens is 3. The average Bonchev–Trinajstić information content (AvgIpc) is 2.81. The van der Waals surface area contributed by atoms with Gasteiger partial charge in [-0.15, -0.1) is 0 Å². The van der Waals surface area contributed by atoms with Crippen molar-refractivity contribution in [3.8, 4) is 5.75 Å². The lowest BCUT2D eigenvalue weighted by molar-refractivity contribution is -0.140. The SMILES string of the molecule is CC[C@H](C(=O)NCC(C)C)N(Cc1c(Cl)cccc1Cl)C(=O)CN(c1ccc(OC)c(Cl)c1)S(C)(=O)=O. The van der Waals surface area contributed by atoms with Crippen molar-refractivity contribution in [2.75, 3.05) is 30.8 Å². The largest absolute Gasteiger partial charge is 0.495 e. The number of hydrogen-bond acceptors (Lipinski definition) is 5. The number of rotatable bonds is 12. The summed E-state index contributed by atoms with van der Waals surface area (Å²) in [5.74, 6) is -0.414. The normalized spacial score (nSPS) is 12.2. The molecule has 0 fully saturated rings. The molecule has 1 N–H and O–H groups in total. The van der Waals surface area contributed by atoms with E-state index in [1.54, 1.807) is 25.1 Å². The fourth-order valence-corrected chi connectivity index (χ4v) is 5.23. The van der Waals surface area contributed by atoms with Crippen molar-refractivity contribution in [2.45, 2.75) is 39.8 Å². The molecule has 12 heteroatoms. The summed E-state index contributed by atoms with van der Waals surface area (Å²) in [6.45, 7) is 5.44. The molecule has 0 aliphatic rings. The Morgan fingerprint density at radius 3 is 2.16 bits per heavy atom. The van der Waals surface area contributed by atoms with Gasteiger partial charge in [0.25, 0.3) is 0 Å². The first-order valence-corrected chi connectivity index (χ1v) is 14.6. The lowest BCUT2D eigenvalue weighted by atomic mass is 10.1. The number of nitrogens with zero attached hydrogens (tertiary/aromatic N) is 2. The van der Waals surface area contributed by atoms with Crippen molar-refractivity contribution in [1.82, 2.24) is 10.2 Å². The Morgan fingerprint density at radius 2 is 1.68 bits per heavy atom. The van der Waals surface area contributed by atoms with Crippen LogP contribution >= 0.6 is 34.8 Å². The molecular formula is C25H32Cl3N3O5S. The zero-order chi connectivity index (χ0) is 27.9. The van der Waals surface area contributed by atoms with E-state index in [9.17, 15) is 18.0 Å². The summed E-state index contributed by atoms with van der Waals surface area (Å²) in [5.41, 5.74) is 0.627. The van der Waals surface area contributed by atoms with Gasteiger partial charge in [0.1, 0.15) is 18.3 Å². The second-order valence-electron chi connectivity index (χ2n) is 8.87. The number of carbonyl (C=O) groups excluding carboxylic acids is 2. The van der Waals surface area contributed by atoms with Gasteiger partial charge < -0.3 is 15.0 Å². The number of anilines is 1. The molecule has 204 valence electrons. The molecule has 0 aliphatic carbocycles. The predicted molar refractivity (Wildman–Crippen MR) is 149 cm³/mol. The molecule has 2 aromatic rings. The number of carbonyl (C=O) groups is 2. The third kappa shape index (κ3) is 8.40. The highest BCUT2D eigenvalue weighted by molar-refractivity contribution is 7.92. The van der Waals surface area contributed by atoms with Crippen LogP contribution in [0.4, 0.5) is 5.69 Å². The van der Waals surface area contributed by atoms with E-state index in [0.29, 0.717) is 27.9 Å². The predicted octanol–water partition coefficient (Wildman–Crippen LogP) is 5.00. The Hall–Kier alpha value is -2.20. The molecule has 37 heavy (non-hydrogen) atoms. The van der Waals surface area contributed by atoms with Crippen molar-refractivity contribution in [3.05, 3.63) is 57.0 Å². The molecule has 2 rings (SSSR count). The first-order valence-electron chi connectivity index (χ1n) is 11.6. The van der Waals surface area contributed by atoms with Crippen LogP contribution in [0.5, 0.6) is 5.75 Å². The Balaban J connectivity index is 2.51. The molecule has 2 amide bonds. The summed E-state index contributed by atoms with van der Waals surface area (Å²) in [6.07, 6.45) is 1.27. The van der Waals surface area contributed by atoms with Crippen LogP contribution in [0.1, 0.15) is 32.8 Å². The van der Waals surface area contributed by atoms with Crippen LogP contribution in [0.3, 0.4) is 0 Å². The van der Waals surface area contributed by atoms with E-state index in [0.717, 1.165) is 10.6 Å². The van der Waals surface area contributed by atoms with Crippen LogP contribution in [0, 0.1) is 5.92 Å². The Bertz CT molecular complexity index is 1200. The molecule has 0 radical (unpaired) electrons. The molecule has 0 spiro atoms. The first kappa shape index (κ1) is 31.0. The van der Waals surface area contributed by atoms with Crippen LogP contribution < -0.4 is 14.4 Å². The summed E-state index contributed by atoms with van der Waals surface area (Å²) in [4.78, 5) is 28.2. The first-order chi connectivity index (χ1) is 17.3. The maximum absolute atomic E-state index is 13.7. The molecule has 0 saturated carbocycles. The number of methoxy groups -OCH3 is 1. The minimum atomic E-state index is -3.91. The van der Waals surface area contributed by atoms with Crippen molar-refractivity contribution in [2.24, 2.45) is 5.92 Å². The Labute approximate surface area is 233 Å². The summed E-state index contributed by atoms with van der Waals surface area (Å²) in [6, 6.07) is 8.44. The van der Waals surface area contributed by atoms with Gasteiger partial charge in [0.15, 0.2) is 0 Å². The highest BCUT2D eigenvalue weighted by atomic mass is 35.5. The van der Waals surface area contributed by atoms with Crippen LogP contribution in [0.2, 0.25) is 15.1 Å². The van der Waals surface area contributed by atoms with E-state index in [1.807, 2.05) is 13.8 Å². The minimum Gasteiger partial charge on any atom is -0.495 e. The van der Waals surface area contributed by atoms with Gasteiger partial charge in [0.2, 0.25) is 21.8 Å². The van der Waals surface area contributed by atoms with Crippen LogP contribution in [0.25, 0.3) is 0 Å². The summed E-state index contributed by atoms with van der Waals surface area (Å²) in [5, 5.41) is 3.69. The van der Waals surface area contributed by atoms with E-state index in [-0.39, 0.29) is 35.5 Å². The van der Waals surface area contributed by atoms with Crippen molar-refractivity contribution in [1.29, 1.82) is 0 Å². The standard InChI is InChI=1S/C25H32Cl3N3O5S/c1-6-22(25(33)29-13-16(2)3)30(14-18-19(26)8-7-9-20(18)27)24(32)15-31(37(5,34)35)17-10-11-23(36-4)21(28)12-17/h7-12,16,22H,6,13-15H2,1-5H3,(H,29,33)/t22-/m1/s1. The second-order valence-corrected chi connectivity index (χ2v) is 12.0. The average molecular weight is 593 g/mol. The fraction of sp³-hybridized carbons (Fsp3) is 0.440. The third-order valence-corrected chi connectivity index (χ3v) is 7.71. The van der Waals surface area contributed by atoms with Crippen LogP contribution in [-0.4, -0.2) is 57.6 Å².